The molecule has 0 bridgehead atoms. The molecule has 1 aromatic carbocycles. The lowest BCUT2D eigenvalue weighted by atomic mass is 10.2. The normalized spacial score (nSPS) is 14.1. The first-order chi connectivity index (χ1) is 6.02. The van der Waals surface area contributed by atoms with Crippen LogP contribution >= 0.6 is 0 Å². The lowest BCUT2D eigenvalue weighted by Gasteiger charge is -2.17. The number of rotatable bonds is 3. The highest BCUT2D eigenvalue weighted by Crippen LogP contribution is 2.29. The monoisotopic (exact) mass is 207 g/mol. The molecule has 0 saturated carbocycles. The second kappa shape index (κ2) is 3.91. The molecule has 0 saturated heterocycles. The topological polar surface area (TPSA) is 49.4 Å². The largest absolute Gasteiger partial charge is 0.750 e. The molecule has 0 fully saturated rings. The van der Waals surface area contributed by atoms with Crippen molar-refractivity contribution in [3.05, 3.63) is 35.9 Å². The van der Waals surface area contributed by atoms with Crippen LogP contribution in [-0.4, -0.2) is 8.76 Å². The Hall–Kier alpha value is -0.850. The molecule has 0 aliphatic heterocycles. The van der Waals surface area contributed by atoms with E-state index in [1.54, 1.807) is 0 Å². The third kappa shape index (κ3) is 2.83. The molecule has 0 amide bonds. The van der Waals surface area contributed by atoms with Crippen LogP contribution in [0, 0.1) is 0 Å². The Morgan fingerprint density at radius 3 is 2.31 bits per heavy atom. The summed E-state index contributed by atoms with van der Waals surface area (Å²) in [5.41, 5.74) is -0.501. The maximum Gasteiger partial charge on any atom is 0.394 e. The molecular formula is C7H5F2O3S-. The van der Waals surface area contributed by atoms with E-state index >= 15 is 0 Å². The highest BCUT2D eigenvalue weighted by atomic mass is 32.2. The fourth-order valence-corrected chi connectivity index (χ4v) is 1.03. The van der Waals surface area contributed by atoms with Crippen LogP contribution in [0.15, 0.2) is 30.3 Å². The molecule has 0 radical (unpaired) electrons. The SMILES string of the molecule is O=S([O-])OC(F)(F)c1ccccc1. The molecule has 1 aromatic rings. The summed E-state index contributed by atoms with van der Waals surface area (Å²) in [4.78, 5) is 0. The molecule has 72 valence electrons. The summed E-state index contributed by atoms with van der Waals surface area (Å²) < 4.78 is 48.8. The molecule has 6 heteroatoms. The van der Waals surface area contributed by atoms with Gasteiger partial charge in [0.1, 0.15) is 0 Å². The lowest BCUT2D eigenvalue weighted by Crippen LogP contribution is -2.19. The smallest absolute Gasteiger partial charge is 0.394 e. The van der Waals surface area contributed by atoms with Crippen molar-refractivity contribution in [2.75, 3.05) is 0 Å². The Bertz CT molecular complexity index is 302. The number of hydrogen-bond donors (Lipinski definition) is 0. The Labute approximate surface area is 75.8 Å². The molecule has 0 spiro atoms. The van der Waals surface area contributed by atoms with Gasteiger partial charge in [0.25, 0.3) is 0 Å². The van der Waals surface area contributed by atoms with Gasteiger partial charge in [-0.15, -0.1) is 0 Å². The lowest BCUT2D eigenvalue weighted by molar-refractivity contribution is -0.182. The Morgan fingerprint density at radius 2 is 1.85 bits per heavy atom. The van der Waals surface area contributed by atoms with Crippen LogP contribution in [0.2, 0.25) is 0 Å². The van der Waals surface area contributed by atoms with Crippen LogP contribution in [0.25, 0.3) is 0 Å². The van der Waals surface area contributed by atoms with Crippen LogP contribution < -0.4 is 0 Å². The molecule has 0 N–H and O–H groups in total. The van der Waals surface area contributed by atoms with Crippen molar-refractivity contribution in [2.45, 2.75) is 6.11 Å². The first kappa shape index (κ1) is 10.2. The van der Waals surface area contributed by atoms with Gasteiger partial charge in [-0.1, -0.05) is 30.3 Å². The van der Waals surface area contributed by atoms with Gasteiger partial charge in [-0.2, -0.15) is 8.78 Å². The highest BCUT2D eigenvalue weighted by Gasteiger charge is 2.33. The average Bonchev–Trinajstić information content (AvgIpc) is 2.04. The standard InChI is InChI=1S/C7H6F2O3S/c8-7(9,12-13(10)11)6-4-2-1-3-5-6/h1-5H,(H,10,11)/p-1. The molecule has 1 rings (SSSR count). The second-order valence-corrected chi connectivity index (χ2v) is 2.75. The fourth-order valence-electron chi connectivity index (χ4n) is 0.766. The number of benzene rings is 1. The first-order valence-electron chi connectivity index (χ1n) is 3.24. The van der Waals surface area contributed by atoms with Crippen molar-refractivity contribution >= 4 is 11.4 Å². The number of alkyl halides is 2. The van der Waals surface area contributed by atoms with E-state index in [-0.39, 0.29) is 0 Å². The summed E-state index contributed by atoms with van der Waals surface area (Å²) in [6.45, 7) is 0. The molecule has 1 unspecified atom stereocenters. The highest BCUT2D eigenvalue weighted by molar-refractivity contribution is 7.74. The zero-order valence-electron chi connectivity index (χ0n) is 6.28. The van der Waals surface area contributed by atoms with Crippen LogP contribution in [0.3, 0.4) is 0 Å². The quantitative estimate of drug-likeness (QED) is 0.706. The van der Waals surface area contributed by atoms with Crippen LogP contribution in [0.1, 0.15) is 5.56 Å². The number of hydrogen-bond acceptors (Lipinski definition) is 3. The molecule has 0 aromatic heterocycles. The third-order valence-electron chi connectivity index (χ3n) is 1.28. The van der Waals surface area contributed by atoms with Gasteiger partial charge in [-0.05, 0) is 0 Å². The van der Waals surface area contributed by atoms with Crippen molar-refractivity contribution in [3.8, 4) is 0 Å². The second-order valence-electron chi connectivity index (χ2n) is 2.17. The summed E-state index contributed by atoms with van der Waals surface area (Å²) in [5.74, 6) is 0. The van der Waals surface area contributed by atoms with Crippen molar-refractivity contribution in [1.82, 2.24) is 0 Å². The van der Waals surface area contributed by atoms with Gasteiger partial charge in [0.2, 0.25) is 0 Å². The molecule has 13 heavy (non-hydrogen) atoms. The van der Waals surface area contributed by atoms with Gasteiger partial charge in [-0.25, -0.2) is 8.39 Å². The van der Waals surface area contributed by atoms with E-state index in [9.17, 15) is 17.5 Å². The van der Waals surface area contributed by atoms with Crippen molar-refractivity contribution in [2.24, 2.45) is 0 Å². The van der Waals surface area contributed by atoms with E-state index in [4.69, 9.17) is 0 Å². The zero-order chi connectivity index (χ0) is 9.90. The van der Waals surface area contributed by atoms with E-state index < -0.39 is 23.0 Å². The molecule has 0 heterocycles. The first-order valence-corrected chi connectivity index (χ1v) is 4.24. The van der Waals surface area contributed by atoms with Crippen LogP contribution in [-0.2, 0) is 21.7 Å². The minimum absolute atomic E-state index is 0.501. The maximum absolute atomic E-state index is 12.8. The van der Waals surface area contributed by atoms with Crippen molar-refractivity contribution in [3.63, 3.8) is 0 Å². The summed E-state index contributed by atoms with van der Waals surface area (Å²) in [6, 6.07) is 6.41. The zero-order valence-corrected chi connectivity index (χ0v) is 7.09. The fraction of sp³-hybridized carbons (Fsp3) is 0.143. The molecule has 1 atom stereocenters. The molecule has 0 aliphatic carbocycles. The van der Waals surface area contributed by atoms with E-state index in [1.807, 2.05) is 0 Å². The van der Waals surface area contributed by atoms with Gasteiger partial charge in [0, 0.05) is 0 Å². The van der Waals surface area contributed by atoms with Crippen molar-refractivity contribution in [1.29, 1.82) is 0 Å². The van der Waals surface area contributed by atoms with E-state index in [0.29, 0.717) is 0 Å². The summed E-state index contributed by atoms with van der Waals surface area (Å²) in [5, 5.41) is 0. The van der Waals surface area contributed by atoms with Crippen LogP contribution in [0.4, 0.5) is 8.78 Å². The molecular weight excluding hydrogens is 202 g/mol. The third-order valence-corrected chi connectivity index (χ3v) is 1.63. The maximum atomic E-state index is 12.8. The van der Waals surface area contributed by atoms with Gasteiger partial charge < -0.3 is 4.55 Å². The van der Waals surface area contributed by atoms with Gasteiger partial charge >= 0.3 is 6.11 Å². The predicted molar refractivity (Wildman–Crippen MR) is 40.3 cm³/mol. The van der Waals surface area contributed by atoms with Gasteiger partial charge in [0.05, 0.1) is 16.9 Å². The van der Waals surface area contributed by atoms with Gasteiger partial charge in [-0.3, -0.25) is 0 Å². The Balaban J connectivity index is 2.87. The summed E-state index contributed by atoms with van der Waals surface area (Å²) in [6.07, 6.45) is -3.80. The van der Waals surface area contributed by atoms with Gasteiger partial charge in [0.15, 0.2) is 0 Å². The summed E-state index contributed by atoms with van der Waals surface area (Å²) in [7, 11) is 0. The van der Waals surface area contributed by atoms with Crippen molar-refractivity contribution < 1.29 is 21.7 Å². The number of halogens is 2. The minimum Gasteiger partial charge on any atom is -0.750 e. The Morgan fingerprint density at radius 1 is 1.31 bits per heavy atom. The van der Waals surface area contributed by atoms with E-state index in [0.717, 1.165) is 12.1 Å². The molecule has 0 aliphatic rings. The average molecular weight is 207 g/mol. The van der Waals surface area contributed by atoms with Crippen LogP contribution in [0.5, 0.6) is 0 Å². The summed E-state index contributed by atoms with van der Waals surface area (Å²) >= 11 is -3.24. The Kier molecular flexibility index (Phi) is 3.07. The van der Waals surface area contributed by atoms with E-state index in [2.05, 4.69) is 4.18 Å². The van der Waals surface area contributed by atoms with E-state index in [1.165, 1.54) is 18.2 Å². The predicted octanol–water partition coefficient (Wildman–Crippen LogP) is 1.55. The molecule has 3 nitrogen and oxygen atoms in total. The minimum atomic E-state index is -3.80.